The minimum atomic E-state index is -2.91. The first-order chi connectivity index (χ1) is 15.2. The molecule has 4 nitrogen and oxygen atoms in total. The van der Waals surface area contributed by atoms with Gasteiger partial charge in [-0.25, -0.2) is 13.1 Å². The van der Waals surface area contributed by atoms with Crippen LogP contribution in [0.25, 0.3) is 0 Å². The zero-order chi connectivity index (χ0) is 24.0. The lowest BCUT2D eigenvalue weighted by molar-refractivity contribution is 0.466. The molecule has 0 aliphatic carbocycles. The van der Waals surface area contributed by atoms with Crippen LogP contribution in [0.1, 0.15) is 41.2 Å². The van der Waals surface area contributed by atoms with Gasteiger partial charge in [-0.05, 0) is 62.9 Å². The normalized spacial score (nSPS) is 10.4. The average molecular weight is 456 g/mol. The Kier molecular flexibility index (Phi) is 12.4. The topological polar surface area (TPSA) is 66.4 Å². The number of hydrogen-bond acceptors (Lipinski definition) is 3. The van der Waals surface area contributed by atoms with E-state index in [4.69, 9.17) is 0 Å². The van der Waals surface area contributed by atoms with Crippen molar-refractivity contribution in [3.05, 3.63) is 101 Å². The molecule has 0 spiro atoms. The number of aryl methyl sites for hydroxylation is 4. The van der Waals surface area contributed by atoms with Gasteiger partial charge in [0.2, 0.25) is 10.0 Å². The maximum absolute atomic E-state index is 10.1. The van der Waals surface area contributed by atoms with Crippen molar-refractivity contribution >= 4 is 10.0 Å². The molecular formula is C27H37NO3S. The molecule has 174 valence electrons. The summed E-state index contributed by atoms with van der Waals surface area (Å²) >= 11 is 0. The van der Waals surface area contributed by atoms with Gasteiger partial charge in [-0.15, -0.1) is 0 Å². The van der Waals surface area contributed by atoms with Crippen LogP contribution in [0.2, 0.25) is 0 Å². The maximum atomic E-state index is 10.1. The summed E-state index contributed by atoms with van der Waals surface area (Å²) in [6.07, 6.45) is 5.15. The molecule has 0 saturated carbocycles. The maximum Gasteiger partial charge on any atom is 0.208 e. The second-order valence-corrected chi connectivity index (χ2v) is 9.74. The molecule has 3 aromatic carbocycles. The summed E-state index contributed by atoms with van der Waals surface area (Å²) in [6.45, 7) is 6.38. The molecule has 0 saturated heterocycles. The number of hydrogen-bond donors (Lipinski definition) is 2. The van der Waals surface area contributed by atoms with Gasteiger partial charge in [0.05, 0.1) is 6.26 Å². The highest BCUT2D eigenvalue weighted by atomic mass is 32.2. The van der Waals surface area contributed by atoms with Crippen molar-refractivity contribution in [1.82, 2.24) is 4.72 Å². The molecule has 0 radical (unpaired) electrons. The van der Waals surface area contributed by atoms with Crippen LogP contribution in [0.15, 0.2) is 72.8 Å². The standard InChI is InChI=1S/C18H22O.C7H8.C2H7NO2S/c1-3-6-16-9-5-10-18(19)17(16)12-11-15-8-4-7-14(2)13-15;1-7-5-3-2-4-6-7;1-3-6(2,4)5/h4-5,7-10,13,19H,3,6,11-12H2,1-2H3;2-6H,1H3;3H,1-2H3. The number of sulfonamides is 1. The molecule has 3 rings (SSSR count). The minimum Gasteiger partial charge on any atom is -0.508 e. The van der Waals surface area contributed by atoms with Gasteiger partial charge in [-0.3, -0.25) is 0 Å². The summed E-state index contributed by atoms with van der Waals surface area (Å²) in [5.41, 5.74) is 6.36. The third kappa shape index (κ3) is 11.7. The Morgan fingerprint density at radius 1 is 0.812 bits per heavy atom. The molecule has 0 unspecified atom stereocenters. The summed E-state index contributed by atoms with van der Waals surface area (Å²) in [7, 11) is -1.54. The number of rotatable bonds is 6. The number of aromatic hydroxyl groups is 1. The van der Waals surface area contributed by atoms with E-state index in [1.165, 1.54) is 29.3 Å². The molecule has 2 N–H and O–H groups in total. The average Bonchev–Trinajstić information content (AvgIpc) is 2.75. The Bertz CT molecular complexity index is 1030. The van der Waals surface area contributed by atoms with E-state index >= 15 is 0 Å². The summed E-state index contributed by atoms with van der Waals surface area (Å²) in [6, 6.07) is 24.7. The molecule has 0 atom stereocenters. The fraction of sp³-hybridized carbons (Fsp3) is 0.333. The van der Waals surface area contributed by atoms with Gasteiger partial charge in [0.25, 0.3) is 0 Å². The van der Waals surface area contributed by atoms with Gasteiger partial charge in [0.15, 0.2) is 0 Å². The zero-order valence-electron chi connectivity index (χ0n) is 19.9. The SMILES string of the molecule is CCCc1cccc(O)c1CCc1cccc(C)c1.CNS(C)(=O)=O.Cc1ccccc1. The molecule has 0 aromatic heterocycles. The highest BCUT2D eigenvalue weighted by molar-refractivity contribution is 7.88. The van der Waals surface area contributed by atoms with Crippen molar-refractivity contribution in [3.8, 4) is 5.75 Å². The predicted octanol–water partition coefficient (Wildman–Crippen LogP) is 5.60. The van der Waals surface area contributed by atoms with E-state index in [2.05, 4.69) is 68.0 Å². The van der Waals surface area contributed by atoms with E-state index in [1.54, 1.807) is 6.07 Å². The molecule has 0 amide bonds. The number of benzene rings is 3. The van der Waals surface area contributed by atoms with Gasteiger partial charge >= 0.3 is 0 Å². The van der Waals surface area contributed by atoms with Gasteiger partial charge in [-0.2, -0.15) is 0 Å². The third-order valence-corrected chi connectivity index (χ3v) is 5.57. The lowest BCUT2D eigenvalue weighted by atomic mass is 9.96. The Hall–Kier alpha value is -2.63. The van der Waals surface area contributed by atoms with Crippen LogP contribution in [0.4, 0.5) is 0 Å². The van der Waals surface area contributed by atoms with E-state index in [1.807, 2.05) is 24.3 Å². The van der Waals surface area contributed by atoms with Crippen LogP contribution in [-0.2, 0) is 29.3 Å². The van der Waals surface area contributed by atoms with Crippen LogP contribution < -0.4 is 4.72 Å². The molecule has 0 aliphatic heterocycles. The van der Waals surface area contributed by atoms with Crippen LogP contribution in [-0.4, -0.2) is 26.8 Å². The second-order valence-electron chi connectivity index (χ2n) is 7.78. The summed E-state index contributed by atoms with van der Waals surface area (Å²) in [5.74, 6) is 0.443. The van der Waals surface area contributed by atoms with Gasteiger partial charge in [0.1, 0.15) is 5.75 Å². The highest BCUT2D eigenvalue weighted by Crippen LogP contribution is 2.24. The van der Waals surface area contributed by atoms with Crippen molar-refractivity contribution in [2.24, 2.45) is 0 Å². The molecule has 32 heavy (non-hydrogen) atoms. The van der Waals surface area contributed by atoms with Crippen molar-refractivity contribution < 1.29 is 13.5 Å². The van der Waals surface area contributed by atoms with Crippen LogP contribution in [0.5, 0.6) is 5.75 Å². The van der Waals surface area contributed by atoms with Gasteiger partial charge in [-0.1, -0.05) is 91.2 Å². The first kappa shape index (κ1) is 27.4. The summed E-state index contributed by atoms with van der Waals surface area (Å²) in [4.78, 5) is 0. The Morgan fingerprint density at radius 2 is 1.41 bits per heavy atom. The van der Waals surface area contributed by atoms with Crippen molar-refractivity contribution in [2.75, 3.05) is 13.3 Å². The predicted molar refractivity (Wildman–Crippen MR) is 136 cm³/mol. The van der Waals surface area contributed by atoms with Crippen molar-refractivity contribution in [2.45, 2.75) is 46.5 Å². The van der Waals surface area contributed by atoms with Crippen LogP contribution >= 0.6 is 0 Å². The van der Waals surface area contributed by atoms with Crippen molar-refractivity contribution in [3.63, 3.8) is 0 Å². The van der Waals surface area contributed by atoms with Crippen LogP contribution in [0, 0.1) is 13.8 Å². The largest absolute Gasteiger partial charge is 0.508 e. The lowest BCUT2D eigenvalue weighted by Gasteiger charge is -2.11. The quantitative estimate of drug-likeness (QED) is 0.508. The minimum absolute atomic E-state index is 0.443. The zero-order valence-corrected chi connectivity index (χ0v) is 20.7. The highest BCUT2D eigenvalue weighted by Gasteiger charge is 2.07. The summed E-state index contributed by atoms with van der Waals surface area (Å²) in [5, 5.41) is 10.1. The lowest BCUT2D eigenvalue weighted by Crippen LogP contribution is -2.15. The first-order valence-corrected chi connectivity index (χ1v) is 12.8. The summed E-state index contributed by atoms with van der Waals surface area (Å²) < 4.78 is 21.9. The van der Waals surface area contributed by atoms with Gasteiger partial charge in [0, 0.05) is 0 Å². The fourth-order valence-electron chi connectivity index (χ4n) is 3.08. The molecule has 0 aliphatic rings. The first-order valence-electron chi connectivity index (χ1n) is 10.9. The van der Waals surface area contributed by atoms with E-state index in [0.29, 0.717) is 5.75 Å². The van der Waals surface area contributed by atoms with Gasteiger partial charge < -0.3 is 5.11 Å². The number of phenolic OH excluding ortho intramolecular Hbond substituents is 1. The second kappa shape index (κ2) is 14.4. The van der Waals surface area contributed by atoms with E-state index < -0.39 is 10.0 Å². The molecule has 0 fully saturated rings. The van der Waals surface area contributed by atoms with E-state index in [0.717, 1.165) is 37.5 Å². The number of phenols is 1. The number of nitrogens with one attached hydrogen (secondary N) is 1. The smallest absolute Gasteiger partial charge is 0.208 e. The molecular weight excluding hydrogens is 418 g/mol. The molecule has 0 heterocycles. The van der Waals surface area contributed by atoms with Crippen LogP contribution in [0.3, 0.4) is 0 Å². The fourth-order valence-corrected chi connectivity index (χ4v) is 3.08. The Morgan fingerprint density at radius 3 is 1.91 bits per heavy atom. The van der Waals surface area contributed by atoms with Crippen molar-refractivity contribution in [1.29, 1.82) is 0 Å². The van der Waals surface area contributed by atoms with E-state index in [-0.39, 0.29) is 0 Å². The van der Waals surface area contributed by atoms with E-state index in [9.17, 15) is 13.5 Å². The molecule has 3 aromatic rings. The molecule has 0 bridgehead atoms. The monoisotopic (exact) mass is 455 g/mol. The third-order valence-electron chi connectivity index (χ3n) is 4.83. The Labute approximate surface area is 194 Å². The molecule has 5 heteroatoms. The Balaban J connectivity index is 0.000000322.